The lowest BCUT2D eigenvalue weighted by Crippen LogP contribution is -2.36. The molecule has 0 saturated carbocycles. The zero-order chi connectivity index (χ0) is 16.4. The van der Waals surface area contributed by atoms with Gasteiger partial charge in [-0.3, -0.25) is 4.79 Å². The maximum Gasteiger partial charge on any atom is 0.316 e. The predicted octanol–water partition coefficient (Wildman–Crippen LogP) is 1.11. The zero-order valence-corrected chi connectivity index (χ0v) is 13.1. The number of aromatic amines is 1. The van der Waals surface area contributed by atoms with Crippen LogP contribution in [0.25, 0.3) is 10.9 Å². The summed E-state index contributed by atoms with van der Waals surface area (Å²) >= 11 is 0. The van der Waals surface area contributed by atoms with Crippen LogP contribution in [-0.2, 0) is 6.42 Å². The molecule has 7 nitrogen and oxygen atoms in total. The Hall–Kier alpha value is -2.70. The number of ether oxygens (including phenoxy) is 2. The molecule has 0 saturated heterocycles. The number of rotatable bonds is 3. The number of hydrogen-bond acceptors (Lipinski definition) is 4. The van der Waals surface area contributed by atoms with Crippen molar-refractivity contribution in [1.82, 2.24) is 15.2 Å². The second-order valence-electron chi connectivity index (χ2n) is 5.58. The Morgan fingerprint density at radius 1 is 1.22 bits per heavy atom. The number of fused-ring (bicyclic) bond motifs is 2. The molecule has 1 aromatic heterocycles. The Morgan fingerprint density at radius 3 is 2.61 bits per heavy atom. The van der Waals surface area contributed by atoms with Gasteiger partial charge in [0, 0.05) is 37.7 Å². The summed E-state index contributed by atoms with van der Waals surface area (Å²) in [6.07, 6.45) is 0.458. The highest BCUT2D eigenvalue weighted by molar-refractivity contribution is 5.83. The fraction of sp³-hybridized carbons (Fsp3) is 0.375. The van der Waals surface area contributed by atoms with Gasteiger partial charge >= 0.3 is 6.03 Å². The summed E-state index contributed by atoms with van der Waals surface area (Å²) in [5, 5.41) is 3.62. The van der Waals surface area contributed by atoms with Crippen LogP contribution in [0.1, 0.15) is 5.56 Å². The first-order valence-electron chi connectivity index (χ1n) is 7.45. The fourth-order valence-corrected chi connectivity index (χ4v) is 2.44. The zero-order valence-electron chi connectivity index (χ0n) is 13.1. The van der Waals surface area contributed by atoms with E-state index in [1.807, 2.05) is 12.1 Å². The summed E-state index contributed by atoms with van der Waals surface area (Å²) in [5.41, 5.74) is 1.17. The van der Waals surface area contributed by atoms with Crippen molar-refractivity contribution in [3.05, 3.63) is 34.1 Å². The summed E-state index contributed by atoms with van der Waals surface area (Å²) < 4.78 is 11.1. The van der Waals surface area contributed by atoms with Gasteiger partial charge in [0.2, 0.25) is 0 Å². The summed E-state index contributed by atoms with van der Waals surface area (Å²) in [6.45, 7) is 1.42. The molecule has 122 valence electrons. The minimum absolute atomic E-state index is 0.159. The number of hydrogen-bond donors (Lipinski definition) is 2. The molecule has 0 unspecified atom stereocenters. The number of carbonyl (C=O) groups is 1. The number of H-pyrrole nitrogens is 1. The normalized spacial score (nSPS) is 13.0. The highest BCUT2D eigenvalue weighted by Crippen LogP contribution is 2.33. The topological polar surface area (TPSA) is 83.7 Å². The van der Waals surface area contributed by atoms with E-state index in [2.05, 4.69) is 10.3 Å². The molecule has 0 bridgehead atoms. The molecule has 0 aliphatic carbocycles. The molecule has 1 aromatic carbocycles. The Balaban J connectivity index is 1.82. The number of aromatic nitrogens is 1. The van der Waals surface area contributed by atoms with Crippen molar-refractivity contribution in [3.63, 3.8) is 0 Å². The van der Waals surface area contributed by atoms with Crippen molar-refractivity contribution in [2.45, 2.75) is 6.42 Å². The second kappa shape index (κ2) is 6.20. The molecule has 2 amide bonds. The molecule has 0 radical (unpaired) electrons. The van der Waals surface area contributed by atoms with Crippen LogP contribution in [-0.4, -0.2) is 49.8 Å². The van der Waals surface area contributed by atoms with E-state index in [-0.39, 0.29) is 11.6 Å². The molecule has 3 rings (SSSR count). The van der Waals surface area contributed by atoms with Gasteiger partial charge < -0.3 is 24.7 Å². The Bertz CT molecular complexity index is 798. The lowest BCUT2D eigenvalue weighted by atomic mass is 10.1. The van der Waals surface area contributed by atoms with Gasteiger partial charge in [0.05, 0.1) is 5.52 Å². The van der Waals surface area contributed by atoms with Gasteiger partial charge in [0.25, 0.3) is 5.56 Å². The third-order valence-electron chi connectivity index (χ3n) is 3.66. The first-order valence-corrected chi connectivity index (χ1v) is 7.45. The molecule has 0 spiro atoms. The van der Waals surface area contributed by atoms with Crippen molar-refractivity contribution >= 4 is 16.9 Å². The summed E-state index contributed by atoms with van der Waals surface area (Å²) in [7, 11) is 3.34. The van der Waals surface area contributed by atoms with Crippen LogP contribution in [0, 0.1) is 0 Å². The van der Waals surface area contributed by atoms with Crippen LogP contribution >= 0.6 is 0 Å². The number of nitrogens with one attached hydrogen (secondary N) is 2. The molecular formula is C16H19N3O4. The van der Waals surface area contributed by atoms with Crippen LogP contribution in [0.3, 0.4) is 0 Å². The predicted molar refractivity (Wildman–Crippen MR) is 86.3 cm³/mol. The van der Waals surface area contributed by atoms with Gasteiger partial charge in [-0.15, -0.1) is 0 Å². The standard InChI is InChI=1S/C16H19N3O4/c1-19(2)16(21)17-4-3-10-7-11-8-13-14(23-6-5-22-13)9-12(11)18-15(10)20/h7-9H,3-6H2,1-2H3,(H,17,21)(H,18,20). The summed E-state index contributed by atoms with van der Waals surface area (Å²) in [4.78, 5) is 28.0. The molecule has 2 heterocycles. The number of pyridine rings is 1. The van der Waals surface area contributed by atoms with Crippen LogP contribution < -0.4 is 20.3 Å². The number of urea groups is 1. The smallest absolute Gasteiger partial charge is 0.316 e. The molecule has 2 aromatic rings. The van der Waals surface area contributed by atoms with Crippen molar-refractivity contribution in [2.24, 2.45) is 0 Å². The van der Waals surface area contributed by atoms with Gasteiger partial charge in [-0.1, -0.05) is 0 Å². The van der Waals surface area contributed by atoms with Crippen LogP contribution in [0.15, 0.2) is 23.0 Å². The van der Waals surface area contributed by atoms with E-state index in [0.717, 1.165) is 5.39 Å². The average molecular weight is 317 g/mol. The van der Waals surface area contributed by atoms with Crippen LogP contribution in [0.2, 0.25) is 0 Å². The van der Waals surface area contributed by atoms with Crippen molar-refractivity contribution < 1.29 is 14.3 Å². The van der Waals surface area contributed by atoms with E-state index < -0.39 is 0 Å². The largest absolute Gasteiger partial charge is 0.486 e. The van der Waals surface area contributed by atoms with E-state index in [1.165, 1.54) is 4.90 Å². The van der Waals surface area contributed by atoms with Crippen molar-refractivity contribution in [2.75, 3.05) is 33.9 Å². The molecule has 7 heteroatoms. The van der Waals surface area contributed by atoms with Crippen molar-refractivity contribution in [1.29, 1.82) is 0 Å². The summed E-state index contributed by atoms with van der Waals surface area (Å²) in [6, 6.07) is 5.29. The van der Waals surface area contributed by atoms with Crippen molar-refractivity contribution in [3.8, 4) is 11.5 Å². The number of carbonyl (C=O) groups excluding carboxylic acids is 1. The van der Waals surface area contributed by atoms with E-state index >= 15 is 0 Å². The Kier molecular flexibility index (Phi) is 4.10. The Labute approximate surface area is 133 Å². The summed E-state index contributed by atoms with van der Waals surface area (Å²) in [5.74, 6) is 1.33. The lowest BCUT2D eigenvalue weighted by Gasteiger charge is -2.19. The van der Waals surface area contributed by atoms with Gasteiger partial charge in [-0.25, -0.2) is 4.79 Å². The highest BCUT2D eigenvalue weighted by atomic mass is 16.6. The molecule has 1 aliphatic rings. The molecular weight excluding hydrogens is 298 g/mol. The Morgan fingerprint density at radius 2 is 1.91 bits per heavy atom. The van der Waals surface area contributed by atoms with E-state index in [4.69, 9.17) is 9.47 Å². The third kappa shape index (κ3) is 3.23. The van der Waals surface area contributed by atoms with Gasteiger partial charge in [0.1, 0.15) is 13.2 Å². The fourth-order valence-electron chi connectivity index (χ4n) is 2.44. The minimum Gasteiger partial charge on any atom is -0.486 e. The number of benzene rings is 1. The first-order chi connectivity index (χ1) is 11.0. The molecule has 23 heavy (non-hydrogen) atoms. The molecule has 2 N–H and O–H groups in total. The minimum atomic E-state index is -0.179. The first kappa shape index (κ1) is 15.2. The second-order valence-corrected chi connectivity index (χ2v) is 5.58. The van der Waals surface area contributed by atoms with E-state index in [9.17, 15) is 9.59 Å². The average Bonchev–Trinajstić information content (AvgIpc) is 2.53. The van der Waals surface area contributed by atoms with Gasteiger partial charge in [-0.2, -0.15) is 0 Å². The molecule has 0 fully saturated rings. The quantitative estimate of drug-likeness (QED) is 0.888. The monoisotopic (exact) mass is 317 g/mol. The SMILES string of the molecule is CN(C)C(=O)NCCc1cc2cc3c(cc2[nH]c1=O)OCCO3. The van der Waals surface area contributed by atoms with Gasteiger partial charge in [-0.05, 0) is 18.6 Å². The third-order valence-corrected chi connectivity index (χ3v) is 3.66. The van der Waals surface area contributed by atoms with Crippen LogP contribution in [0.4, 0.5) is 4.79 Å². The number of nitrogens with zero attached hydrogens (tertiary/aromatic N) is 1. The van der Waals surface area contributed by atoms with E-state index in [0.29, 0.717) is 48.8 Å². The molecule has 1 aliphatic heterocycles. The lowest BCUT2D eigenvalue weighted by molar-refractivity contribution is 0.172. The van der Waals surface area contributed by atoms with Crippen LogP contribution in [0.5, 0.6) is 11.5 Å². The maximum absolute atomic E-state index is 12.2. The van der Waals surface area contributed by atoms with Gasteiger partial charge in [0.15, 0.2) is 11.5 Å². The maximum atomic E-state index is 12.2. The van der Waals surface area contributed by atoms with E-state index in [1.54, 1.807) is 20.2 Å². The molecule has 0 atom stereocenters. The number of amides is 2. The highest BCUT2D eigenvalue weighted by Gasteiger charge is 2.14.